The summed E-state index contributed by atoms with van der Waals surface area (Å²) in [6, 6.07) is 23.2. The molecule has 1 aliphatic rings. The van der Waals surface area contributed by atoms with Crippen molar-refractivity contribution in [3.8, 4) is 5.75 Å². The number of hydrazone groups is 1. The third-order valence-electron chi connectivity index (χ3n) is 4.37. The fraction of sp³-hybridized carbons (Fsp3) is 0.150. The maximum absolute atomic E-state index is 5.21. The van der Waals surface area contributed by atoms with Crippen molar-refractivity contribution in [2.45, 2.75) is 12.5 Å². The summed E-state index contributed by atoms with van der Waals surface area (Å²) in [5.74, 6) is 0.867. The number of hydrogen-bond donors (Lipinski definition) is 1. The molecule has 3 heteroatoms. The molecule has 0 fully saturated rings. The Morgan fingerprint density at radius 3 is 2.57 bits per heavy atom. The van der Waals surface area contributed by atoms with Crippen molar-refractivity contribution in [3.05, 3.63) is 77.9 Å². The van der Waals surface area contributed by atoms with Crippen LogP contribution in [0, 0.1) is 0 Å². The SMILES string of the molecule is COc1ccc(C2=NNC(c3cccc4ccccc34)C2)cc1. The average molecular weight is 302 g/mol. The van der Waals surface area contributed by atoms with Gasteiger partial charge in [0.05, 0.1) is 18.9 Å². The van der Waals surface area contributed by atoms with E-state index in [1.165, 1.54) is 16.3 Å². The van der Waals surface area contributed by atoms with Gasteiger partial charge in [-0.15, -0.1) is 0 Å². The second kappa shape index (κ2) is 5.76. The molecule has 0 aromatic heterocycles. The van der Waals surface area contributed by atoms with Crippen LogP contribution < -0.4 is 10.2 Å². The molecule has 3 aromatic carbocycles. The first-order valence-corrected chi connectivity index (χ1v) is 7.79. The van der Waals surface area contributed by atoms with Crippen molar-refractivity contribution in [2.75, 3.05) is 7.11 Å². The van der Waals surface area contributed by atoms with Gasteiger partial charge in [-0.25, -0.2) is 0 Å². The van der Waals surface area contributed by atoms with Gasteiger partial charge in [-0.2, -0.15) is 5.10 Å². The molecule has 1 aliphatic heterocycles. The third kappa shape index (κ3) is 2.55. The van der Waals surface area contributed by atoms with Gasteiger partial charge in [0.1, 0.15) is 5.75 Å². The van der Waals surface area contributed by atoms with Crippen LogP contribution in [0.1, 0.15) is 23.6 Å². The Kier molecular flexibility index (Phi) is 3.46. The molecule has 23 heavy (non-hydrogen) atoms. The van der Waals surface area contributed by atoms with Crippen molar-refractivity contribution >= 4 is 16.5 Å². The number of nitrogens with one attached hydrogen (secondary N) is 1. The van der Waals surface area contributed by atoms with E-state index in [1.807, 2.05) is 12.1 Å². The molecule has 1 unspecified atom stereocenters. The predicted molar refractivity (Wildman–Crippen MR) is 94.0 cm³/mol. The number of hydrogen-bond acceptors (Lipinski definition) is 3. The Labute approximate surface area is 135 Å². The van der Waals surface area contributed by atoms with Crippen LogP contribution in [0.3, 0.4) is 0 Å². The Morgan fingerprint density at radius 1 is 0.957 bits per heavy atom. The summed E-state index contributed by atoms with van der Waals surface area (Å²) < 4.78 is 5.21. The topological polar surface area (TPSA) is 33.6 Å². The molecule has 0 saturated heterocycles. The van der Waals surface area contributed by atoms with E-state index >= 15 is 0 Å². The van der Waals surface area contributed by atoms with Crippen molar-refractivity contribution < 1.29 is 4.74 Å². The van der Waals surface area contributed by atoms with Crippen LogP contribution in [0.15, 0.2) is 71.8 Å². The number of rotatable bonds is 3. The van der Waals surface area contributed by atoms with Crippen molar-refractivity contribution in [3.63, 3.8) is 0 Å². The number of nitrogens with zero attached hydrogens (tertiary/aromatic N) is 1. The summed E-state index contributed by atoms with van der Waals surface area (Å²) in [5, 5.41) is 7.11. The number of benzene rings is 3. The lowest BCUT2D eigenvalue weighted by molar-refractivity contribution is 0.415. The zero-order valence-electron chi connectivity index (χ0n) is 13.0. The van der Waals surface area contributed by atoms with Crippen LogP contribution in [0.25, 0.3) is 10.8 Å². The minimum atomic E-state index is 0.221. The van der Waals surface area contributed by atoms with Gasteiger partial charge < -0.3 is 10.2 Å². The molecule has 1 heterocycles. The van der Waals surface area contributed by atoms with E-state index in [-0.39, 0.29) is 6.04 Å². The maximum Gasteiger partial charge on any atom is 0.118 e. The fourth-order valence-electron chi connectivity index (χ4n) is 3.14. The van der Waals surface area contributed by atoms with Gasteiger partial charge >= 0.3 is 0 Å². The van der Waals surface area contributed by atoms with E-state index < -0.39 is 0 Å². The highest BCUT2D eigenvalue weighted by atomic mass is 16.5. The standard InChI is InChI=1S/C20H18N2O/c1-23-16-11-9-15(10-12-16)19-13-20(22-21-19)18-8-4-6-14-5-2-3-7-17(14)18/h2-12,20,22H,13H2,1H3. The molecule has 0 bridgehead atoms. The number of methoxy groups -OCH3 is 1. The molecule has 4 rings (SSSR count). The molecule has 1 N–H and O–H groups in total. The minimum absolute atomic E-state index is 0.221. The molecule has 114 valence electrons. The monoisotopic (exact) mass is 302 g/mol. The molecular formula is C20H18N2O. The molecular weight excluding hydrogens is 284 g/mol. The molecule has 0 spiro atoms. The molecule has 0 amide bonds. The van der Waals surface area contributed by atoms with Crippen molar-refractivity contribution in [1.82, 2.24) is 5.43 Å². The second-order valence-electron chi connectivity index (χ2n) is 5.74. The molecule has 3 aromatic rings. The molecule has 0 aliphatic carbocycles. The lowest BCUT2D eigenvalue weighted by Crippen LogP contribution is -2.10. The normalized spacial score (nSPS) is 16.9. The Balaban J connectivity index is 1.61. The van der Waals surface area contributed by atoms with Gasteiger partial charge in [0, 0.05) is 6.42 Å². The van der Waals surface area contributed by atoms with Gasteiger partial charge in [-0.1, -0.05) is 42.5 Å². The maximum atomic E-state index is 5.21. The summed E-state index contributed by atoms with van der Waals surface area (Å²) in [5.41, 5.74) is 6.83. The molecule has 0 saturated carbocycles. The zero-order valence-corrected chi connectivity index (χ0v) is 13.0. The first-order chi connectivity index (χ1) is 11.3. The Bertz CT molecular complexity index is 863. The smallest absolute Gasteiger partial charge is 0.118 e. The first-order valence-electron chi connectivity index (χ1n) is 7.79. The Hall–Kier alpha value is -2.81. The number of fused-ring (bicyclic) bond motifs is 1. The van der Waals surface area contributed by atoms with Gasteiger partial charge in [-0.05, 0) is 46.2 Å². The first kappa shape index (κ1) is 13.8. The molecule has 3 nitrogen and oxygen atoms in total. The van der Waals surface area contributed by atoms with Crippen LogP contribution in [-0.2, 0) is 0 Å². The zero-order chi connectivity index (χ0) is 15.6. The van der Waals surface area contributed by atoms with Crippen LogP contribution in [0.2, 0.25) is 0 Å². The summed E-state index contributed by atoms with van der Waals surface area (Å²) in [4.78, 5) is 0. The van der Waals surface area contributed by atoms with Crippen LogP contribution >= 0.6 is 0 Å². The van der Waals surface area contributed by atoms with Crippen LogP contribution in [0.4, 0.5) is 0 Å². The van der Waals surface area contributed by atoms with E-state index in [0.717, 1.165) is 23.4 Å². The largest absolute Gasteiger partial charge is 0.497 e. The van der Waals surface area contributed by atoms with Crippen molar-refractivity contribution in [2.24, 2.45) is 5.10 Å². The van der Waals surface area contributed by atoms with Gasteiger partial charge in [0.15, 0.2) is 0 Å². The highest BCUT2D eigenvalue weighted by Gasteiger charge is 2.22. The van der Waals surface area contributed by atoms with Gasteiger partial charge in [0.25, 0.3) is 0 Å². The summed E-state index contributed by atoms with van der Waals surface area (Å²) in [6.45, 7) is 0. The lowest BCUT2D eigenvalue weighted by Gasteiger charge is -2.13. The summed E-state index contributed by atoms with van der Waals surface area (Å²) in [7, 11) is 1.68. The van der Waals surface area contributed by atoms with Crippen LogP contribution in [0.5, 0.6) is 5.75 Å². The fourth-order valence-corrected chi connectivity index (χ4v) is 3.14. The van der Waals surface area contributed by atoms with Crippen LogP contribution in [-0.4, -0.2) is 12.8 Å². The summed E-state index contributed by atoms with van der Waals surface area (Å²) >= 11 is 0. The Morgan fingerprint density at radius 2 is 1.74 bits per heavy atom. The number of ether oxygens (including phenoxy) is 1. The molecule has 0 radical (unpaired) electrons. The molecule has 1 atom stereocenters. The highest BCUT2D eigenvalue weighted by molar-refractivity contribution is 6.02. The van der Waals surface area contributed by atoms with Crippen molar-refractivity contribution in [1.29, 1.82) is 0 Å². The highest BCUT2D eigenvalue weighted by Crippen LogP contribution is 2.30. The van der Waals surface area contributed by atoms with E-state index in [1.54, 1.807) is 7.11 Å². The van der Waals surface area contributed by atoms with E-state index in [2.05, 4.69) is 65.1 Å². The van der Waals surface area contributed by atoms with E-state index in [0.29, 0.717) is 0 Å². The third-order valence-corrected chi connectivity index (χ3v) is 4.37. The minimum Gasteiger partial charge on any atom is -0.497 e. The second-order valence-corrected chi connectivity index (χ2v) is 5.74. The van der Waals surface area contributed by atoms with Gasteiger partial charge in [0.2, 0.25) is 0 Å². The van der Waals surface area contributed by atoms with Gasteiger partial charge in [-0.3, -0.25) is 0 Å². The van der Waals surface area contributed by atoms with E-state index in [4.69, 9.17) is 4.74 Å². The predicted octanol–water partition coefficient (Wildman–Crippen LogP) is 4.29. The quantitative estimate of drug-likeness (QED) is 0.783. The lowest BCUT2D eigenvalue weighted by atomic mass is 9.95. The average Bonchev–Trinajstić information content (AvgIpc) is 3.11. The summed E-state index contributed by atoms with van der Waals surface area (Å²) in [6.07, 6.45) is 0.889. The van der Waals surface area contributed by atoms with E-state index in [9.17, 15) is 0 Å².